The lowest BCUT2D eigenvalue weighted by atomic mass is 10.2. The molecule has 2 rings (SSSR count). The van der Waals surface area contributed by atoms with Crippen LogP contribution in [0, 0.1) is 5.82 Å². The number of hydrogen-bond acceptors (Lipinski definition) is 4. The Morgan fingerprint density at radius 1 is 1.33 bits per heavy atom. The molecule has 126 valence electrons. The summed E-state index contributed by atoms with van der Waals surface area (Å²) in [6, 6.07) is 7.34. The van der Waals surface area contributed by atoms with Gasteiger partial charge in [0.25, 0.3) is 0 Å². The van der Waals surface area contributed by atoms with Gasteiger partial charge in [0.1, 0.15) is 17.3 Å². The number of hydrogen-bond donors (Lipinski definition) is 1. The molecule has 0 aliphatic carbocycles. The number of furan rings is 1. The average Bonchev–Trinajstić information content (AvgIpc) is 3.01. The second kappa shape index (κ2) is 8.31. The van der Waals surface area contributed by atoms with E-state index in [1.165, 1.54) is 31.4 Å². The van der Waals surface area contributed by atoms with Gasteiger partial charge < -0.3 is 14.5 Å². The molecule has 1 amide bonds. The van der Waals surface area contributed by atoms with E-state index in [0.29, 0.717) is 17.9 Å². The van der Waals surface area contributed by atoms with Crippen LogP contribution in [0.2, 0.25) is 5.02 Å². The third-order valence-corrected chi connectivity index (χ3v) is 3.31. The van der Waals surface area contributed by atoms with E-state index < -0.39 is 11.7 Å². The number of halogens is 2. The van der Waals surface area contributed by atoms with Crippen molar-refractivity contribution in [2.75, 3.05) is 12.4 Å². The molecule has 24 heavy (non-hydrogen) atoms. The molecule has 0 saturated heterocycles. The number of amides is 1. The monoisotopic (exact) mass is 351 g/mol. The van der Waals surface area contributed by atoms with Gasteiger partial charge in [-0.15, -0.1) is 0 Å². The van der Waals surface area contributed by atoms with Crippen molar-refractivity contribution in [2.24, 2.45) is 0 Å². The van der Waals surface area contributed by atoms with Crippen molar-refractivity contribution in [1.82, 2.24) is 0 Å². The highest BCUT2D eigenvalue weighted by Gasteiger charge is 2.07. The van der Waals surface area contributed by atoms with Gasteiger partial charge in [0.05, 0.1) is 19.2 Å². The summed E-state index contributed by atoms with van der Waals surface area (Å²) in [5.74, 6) is -0.408. The predicted octanol–water partition coefficient (Wildman–Crippen LogP) is 3.83. The molecular formula is C17H15ClFNO4. The van der Waals surface area contributed by atoms with Gasteiger partial charge in [-0.05, 0) is 36.4 Å². The molecule has 0 fully saturated rings. The first-order chi connectivity index (χ1) is 11.5. The molecule has 2 aromatic rings. The number of carbonyl (C=O) groups excluding carboxylic acids is 2. The fourth-order valence-electron chi connectivity index (χ4n) is 1.87. The topological polar surface area (TPSA) is 68.5 Å². The largest absolute Gasteiger partial charge is 0.469 e. The number of esters is 1. The molecule has 1 N–H and O–H groups in total. The molecule has 0 spiro atoms. The van der Waals surface area contributed by atoms with Crippen LogP contribution < -0.4 is 5.32 Å². The second-order valence-electron chi connectivity index (χ2n) is 4.83. The normalized spacial score (nSPS) is 10.8. The molecule has 0 bridgehead atoms. The van der Waals surface area contributed by atoms with Crippen LogP contribution in [0.1, 0.15) is 17.9 Å². The summed E-state index contributed by atoms with van der Waals surface area (Å²) in [6.45, 7) is 0. The van der Waals surface area contributed by atoms with Crippen LogP contribution >= 0.6 is 11.6 Å². The number of aryl methyl sites for hydroxylation is 1. The molecule has 7 heteroatoms. The molecule has 0 saturated carbocycles. The Labute approximate surface area is 143 Å². The van der Waals surface area contributed by atoms with Crippen LogP contribution in [0.3, 0.4) is 0 Å². The summed E-state index contributed by atoms with van der Waals surface area (Å²) < 4.78 is 23.6. The molecule has 1 aromatic carbocycles. The molecule has 0 aliphatic heterocycles. The van der Waals surface area contributed by atoms with Crippen molar-refractivity contribution >= 4 is 35.2 Å². The van der Waals surface area contributed by atoms with Gasteiger partial charge in [-0.3, -0.25) is 9.59 Å². The van der Waals surface area contributed by atoms with E-state index in [1.54, 1.807) is 12.1 Å². The molecule has 0 radical (unpaired) electrons. The number of ether oxygens (including phenoxy) is 1. The fraction of sp³-hybridized carbons (Fsp3) is 0.176. The van der Waals surface area contributed by atoms with Crippen molar-refractivity contribution < 1.29 is 23.1 Å². The maximum atomic E-state index is 13.6. The van der Waals surface area contributed by atoms with E-state index in [2.05, 4.69) is 10.1 Å². The van der Waals surface area contributed by atoms with Crippen LogP contribution in [0.4, 0.5) is 10.1 Å². The van der Waals surface area contributed by atoms with Crippen LogP contribution in [-0.4, -0.2) is 19.0 Å². The third-order valence-electron chi connectivity index (χ3n) is 3.07. The van der Waals surface area contributed by atoms with Gasteiger partial charge in [0.15, 0.2) is 0 Å². The summed E-state index contributed by atoms with van der Waals surface area (Å²) in [7, 11) is 1.32. The smallest absolute Gasteiger partial charge is 0.305 e. The summed E-state index contributed by atoms with van der Waals surface area (Å²) in [5, 5.41) is 2.65. The van der Waals surface area contributed by atoms with Gasteiger partial charge in [-0.1, -0.05) is 11.6 Å². The minimum absolute atomic E-state index is 0.0345. The van der Waals surface area contributed by atoms with E-state index in [4.69, 9.17) is 16.0 Å². The predicted molar refractivity (Wildman–Crippen MR) is 88.1 cm³/mol. The number of anilines is 1. The van der Waals surface area contributed by atoms with Gasteiger partial charge in [0.2, 0.25) is 5.91 Å². The van der Waals surface area contributed by atoms with E-state index in [-0.39, 0.29) is 23.1 Å². The van der Waals surface area contributed by atoms with E-state index >= 15 is 0 Å². The molecule has 0 atom stereocenters. The Morgan fingerprint density at radius 3 is 2.83 bits per heavy atom. The van der Waals surface area contributed by atoms with E-state index in [1.807, 2.05) is 0 Å². The number of rotatable bonds is 6. The van der Waals surface area contributed by atoms with Crippen molar-refractivity contribution in [1.29, 1.82) is 0 Å². The van der Waals surface area contributed by atoms with Gasteiger partial charge in [-0.2, -0.15) is 0 Å². The molecule has 5 nitrogen and oxygen atoms in total. The minimum Gasteiger partial charge on any atom is -0.469 e. The van der Waals surface area contributed by atoms with Crippen LogP contribution in [-0.2, 0) is 20.7 Å². The Bertz CT molecular complexity index is 770. The lowest BCUT2D eigenvalue weighted by molar-refractivity contribution is -0.140. The van der Waals surface area contributed by atoms with Crippen molar-refractivity contribution in [2.45, 2.75) is 12.8 Å². The fourth-order valence-corrected chi connectivity index (χ4v) is 2.03. The van der Waals surface area contributed by atoms with Crippen molar-refractivity contribution in [3.05, 3.63) is 58.8 Å². The standard InChI is InChI=1S/C17H15ClFNO4/c1-23-17(22)9-6-13-4-3-12(24-13)5-8-16(21)20-15-7-2-11(18)10-14(15)19/h2-5,7-8,10H,6,9H2,1H3,(H,20,21). The lowest BCUT2D eigenvalue weighted by Gasteiger charge is -2.03. The van der Waals surface area contributed by atoms with E-state index in [9.17, 15) is 14.0 Å². The first-order valence-corrected chi connectivity index (χ1v) is 7.45. The molecule has 0 unspecified atom stereocenters. The molecule has 1 aromatic heterocycles. The zero-order valence-corrected chi connectivity index (χ0v) is 13.6. The lowest BCUT2D eigenvalue weighted by Crippen LogP contribution is -2.09. The van der Waals surface area contributed by atoms with Crippen LogP contribution in [0.5, 0.6) is 0 Å². The van der Waals surface area contributed by atoms with Crippen LogP contribution in [0.15, 0.2) is 40.8 Å². The van der Waals surface area contributed by atoms with Gasteiger partial charge >= 0.3 is 5.97 Å². The first kappa shape index (κ1) is 17.7. The number of carbonyl (C=O) groups is 2. The van der Waals surface area contributed by atoms with Gasteiger partial charge in [0, 0.05) is 17.5 Å². The zero-order chi connectivity index (χ0) is 17.5. The highest BCUT2D eigenvalue weighted by molar-refractivity contribution is 6.30. The maximum absolute atomic E-state index is 13.6. The Morgan fingerprint density at radius 2 is 2.12 bits per heavy atom. The summed E-state index contributed by atoms with van der Waals surface area (Å²) in [4.78, 5) is 22.8. The molecule has 1 heterocycles. The van der Waals surface area contributed by atoms with Crippen molar-refractivity contribution in [3.63, 3.8) is 0 Å². The highest BCUT2D eigenvalue weighted by atomic mass is 35.5. The maximum Gasteiger partial charge on any atom is 0.305 e. The quantitative estimate of drug-likeness (QED) is 0.634. The second-order valence-corrected chi connectivity index (χ2v) is 5.26. The van der Waals surface area contributed by atoms with Crippen molar-refractivity contribution in [3.8, 4) is 0 Å². The Balaban J connectivity index is 1.91. The molecular weight excluding hydrogens is 337 g/mol. The van der Waals surface area contributed by atoms with Crippen LogP contribution in [0.25, 0.3) is 6.08 Å². The summed E-state index contributed by atoms with van der Waals surface area (Å²) in [6.07, 6.45) is 3.29. The summed E-state index contributed by atoms with van der Waals surface area (Å²) >= 11 is 5.64. The highest BCUT2D eigenvalue weighted by Crippen LogP contribution is 2.19. The third kappa shape index (κ3) is 5.24. The van der Waals surface area contributed by atoms with Gasteiger partial charge in [-0.25, -0.2) is 4.39 Å². The minimum atomic E-state index is -0.618. The summed E-state index contributed by atoms with van der Waals surface area (Å²) in [5.41, 5.74) is 0.0345. The first-order valence-electron chi connectivity index (χ1n) is 7.07. The Kier molecular flexibility index (Phi) is 6.14. The number of methoxy groups -OCH3 is 1. The zero-order valence-electron chi connectivity index (χ0n) is 12.8. The number of nitrogens with one attached hydrogen (secondary N) is 1. The SMILES string of the molecule is COC(=O)CCc1ccc(C=CC(=O)Nc2ccc(Cl)cc2F)o1. The average molecular weight is 352 g/mol. The Hall–Kier alpha value is -2.60. The molecule has 0 aliphatic rings. The van der Waals surface area contributed by atoms with E-state index in [0.717, 1.165) is 6.07 Å². The number of benzene rings is 1.